The van der Waals surface area contributed by atoms with Crippen LogP contribution >= 0.6 is 22.7 Å². The first kappa shape index (κ1) is 19.5. The van der Waals surface area contributed by atoms with Crippen LogP contribution in [0.3, 0.4) is 0 Å². The highest BCUT2D eigenvalue weighted by molar-refractivity contribution is 7.14. The van der Waals surface area contributed by atoms with Gasteiger partial charge in [-0.25, -0.2) is 4.98 Å². The second-order valence-electron chi connectivity index (χ2n) is 6.83. The summed E-state index contributed by atoms with van der Waals surface area (Å²) >= 11 is 2.83. The summed E-state index contributed by atoms with van der Waals surface area (Å²) in [5, 5.41) is 12.7. The van der Waals surface area contributed by atoms with Gasteiger partial charge < -0.3 is 0 Å². The normalized spacial score (nSPS) is 11.1. The number of carbonyl (C=O) groups is 1. The van der Waals surface area contributed by atoms with Crippen LogP contribution in [-0.4, -0.2) is 20.7 Å². The summed E-state index contributed by atoms with van der Waals surface area (Å²) in [5.74, 6) is -0.369. The first-order chi connectivity index (χ1) is 14.0. The van der Waals surface area contributed by atoms with E-state index in [-0.39, 0.29) is 17.2 Å². The minimum atomic E-state index is -0.369. The summed E-state index contributed by atoms with van der Waals surface area (Å²) in [5.41, 5.74) is 2.66. The molecule has 1 aromatic carbocycles. The van der Waals surface area contributed by atoms with Gasteiger partial charge in [0.2, 0.25) is 0 Å². The molecule has 0 unspecified atom stereocenters. The number of nitrogens with zero attached hydrogens (tertiary/aromatic N) is 3. The predicted molar refractivity (Wildman–Crippen MR) is 119 cm³/mol. The molecule has 0 radical (unpaired) electrons. The van der Waals surface area contributed by atoms with Gasteiger partial charge in [-0.15, -0.1) is 22.7 Å². The van der Waals surface area contributed by atoms with Gasteiger partial charge in [-0.05, 0) is 32.4 Å². The number of thiophene rings is 1. The van der Waals surface area contributed by atoms with Crippen molar-refractivity contribution in [2.75, 3.05) is 5.32 Å². The van der Waals surface area contributed by atoms with Crippen molar-refractivity contribution in [3.8, 4) is 5.69 Å². The van der Waals surface area contributed by atoms with Crippen molar-refractivity contribution in [3.05, 3.63) is 67.2 Å². The van der Waals surface area contributed by atoms with Crippen molar-refractivity contribution in [2.45, 2.75) is 33.6 Å². The fourth-order valence-electron chi connectivity index (χ4n) is 3.12. The van der Waals surface area contributed by atoms with Gasteiger partial charge in [0.05, 0.1) is 16.8 Å². The molecule has 3 aromatic heterocycles. The molecular weight excluding hydrogens is 404 g/mol. The molecule has 0 aliphatic carbocycles. The lowest BCUT2D eigenvalue weighted by molar-refractivity contribution is 0.102. The van der Waals surface area contributed by atoms with Gasteiger partial charge in [-0.1, -0.05) is 31.0 Å². The third-order valence-corrected chi connectivity index (χ3v) is 6.33. The van der Waals surface area contributed by atoms with E-state index in [9.17, 15) is 9.59 Å². The van der Waals surface area contributed by atoms with E-state index in [2.05, 4.69) is 22.3 Å². The molecule has 0 aliphatic rings. The standard InChI is InChI=1S/C21H20N4O2S2/c1-4-5-14-10-29-21(22-14)23-19(26)18-16-11-28-13(3)17(16)20(27)25(24-18)15-8-6-12(2)7-9-15/h6-11H,4-5H2,1-3H3,(H,22,23,26). The van der Waals surface area contributed by atoms with E-state index in [0.29, 0.717) is 21.6 Å². The van der Waals surface area contributed by atoms with E-state index in [0.717, 1.165) is 29.0 Å². The number of carbonyl (C=O) groups excluding carboxylic acids is 1. The molecule has 3 heterocycles. The van der Waals surface area contributed by atoms with Gasteiger partial charge in [0, 0.05) is 21.0 Å². The van der Waals surface area contributed by atoms with Crippen LogP contribution in [0.25, 0.3) is 16.5 Å². The number of aryl methyl sites for hydroxylation is 3. The van der Waals surface area contributed by atoms with Crippen molar-refractivity contribution in [1.82, 2.24) is 14.8 Å². The van der Waals surface area contributed by atoms with Crippen molar-refractivity contribution in [3.63, 3.8) is 0 Å². The van der Waals surface area contributed by atoms with Crippen LogP contribution in [0.2, 0.25) is 0 Å². The van der Waals surface area contributed by atoms with Crippen molar-refractivity contribution in [1.29, 1.82) is 0 Å². The number of benzene rings is 1. The second-order valence-corrected chi connectivity index (χ2v) is 8.77. The monoisotopic (exact) mass is 424 g/mol. The van der Waals surface area contributed by atoms with Gasteiger partial charge in [0.1, 0.15) is 0 Å². The van der Waals surface area contributed by atoms with Gasteiger partial charge in [0.25, 0.3) is 11.5 Å². The van der Waals surface area contributed by atoms with E-state index in [1.165, 1.54) is 27.4 Å². The Morgan fingerprint density at radius 2 is 1.90 bits per heavy atom. The molecule has 0 saturated carbocycles. The Morgan fingerprint density at radius 1 is 1.14 bits per heavy atom. The highest BCUT2D eigenvalue weighted by atomic mass is 32.1. The molecule has 4 rings (SSSR count). The molecular formula is C21H20N4O2S2. The Balaban J connectivity index is 1.80. The number of rotatable bonds is 5. The maximum atomic E-state index is 13.1. The maximum Gasteiger partial charge on any atom is 0.280 e. The molecule has 1 N–H and O–H groups in total. The smallest absolute Gasteiger partial charge is 0.280 e. The largest absolute Gasteiger partial charge is 0.296 e. The Labute approximate surface area is 175 Å². The summed E-state index contributed by atoms with van der Waals surface area (Å²) in [4.78, 5) is 31.4. The quantitative estimate of drug-likeness (QED) is 0.503. The van der Waals surface area contributed by atoms with Crippen LogP contribution in [0, 0.1) is 13.8 Å². The fourth-order valence-corrected chi connectivity index (χ4v) is 4.70. The van der Waals surface area contributed by atoms with Crippen LogP contribution in [-0.2, 0) is 6.42 Å². The number of anilines is 1. The van der Waals surface area contributed by atoms with Gasteiger partial charge in [0.15, 0.2) is 10.8 Å². The van der Waals surface area contributed by atoms with Gasteiger partial charge >= 0.3 is 0 Å². The molecule has 0 fully saturated rings. The molecule has 0 bridgehead atoms. The lowest BCUT2D eigenvalue weighted by atomic mass is 10.2. The summed E-state index contributed by atoms with van der Waals surface area (Å²) in [6.45, 7) is 5.95. The zero-order valence-electron chi connectivity index (χ0n) is 16.4. The van der Waals surface area contributed by atoms with E-state index >= 15 is 0 Å². The molecule has 0 saturated heterocycles. The number of fused-ring (bicyclic) bond motifs is 1. The van der Waals surface area contributed by atoms with E-state index in [1.807, 2.05) is 48.9 Å². The first-order valence-electron chi connectivity index (χ1n) is 9.32. The van der Waals surface area contributed by atoms with Crippen LogP contribution in [0.5, 0.6) is 0 Å². The Hall–Kier alpha value is -2.84. The zero-order chi connectivity index (χ0) is 20.5. The number of aromatic nitrogens is 3. The Kier molecular flexibility index (Phi) is 5.29. The molecule has 0 aliphatic heterocycles. The molecule has 1 amide bonds. The molecule has 8 heteroatoms. The summed E-state index contributed by atoms with van der Waals surface area (Å²) in [6.07, 6.45) is 1.87. The average molecular weight is 425 g/mol. The predicted octanol–water partition coefficient (Wildman–Crippen LogP) is 4.73. The van der Waals surface area contributed by atoms with Crippen LogP contribution < -0.4 is 10.9 Å². The Bertz CT molecular complexity index is 1250. The number of nitrogens with one attached hydrogen (secondary N) is 1. The third kappa shape index (κ3) is 3.73. The molecule has 29 heavy (non-hydrogen) atoms. The molecule has 6 nitrogen and oxygen atoms in total. The van der Waals surface area contributed by atoms with Gasteiger partial charge in [-0.2, -0.15) is 9.78 Å². The second kappa shape index (κ2) is 7.88. The molecule has 0 spiro atoms. The highest BCUT2D eigenvalue weighted by Crippen LogP contribution is 2.26. The number of thiazole rings is 1. The SMILES string of the molecule is CCCc1csc(NC(=O)c2nn(-c3ccc(C)cc3)c(=O)c3c(C)scc23)n1. The maximum absolute atomic E-state index is 13.1. The third-order valence-electron chi connectivity index (χ3n) is 4.61. The highest BCUT2D eigenvalue weighted by Gasteiger charge is 2.21. The molecule has 4 aromatic rings. The lowest BCUT2D eigenvalue weighted by Crippen LogP contribution is -2.26. The summed E-state index contributed by atoms with van der Waals surface area (Å²) in [7, 11) is 0. The Morgan fingerprint density at radius 3 is 2.62 bits per heavy atom. The lowest BCUT2D eigenvalue weighted by Gasteiger charge is -2.09. The molecule has 148 valence electrons. The zero-order valence-corrected chi connectivity index (χ0v) is 18.0. The number of hydrogen-bond acceptors (Lipinski definition) is 6. The minimum Gasteiger partial charge on any atom is -0.296 e. The average Bonchev–Trinajstić information content (AvgIpc) is 3.30. The van der Waals surface area contributed by atoms with E-state index in [4.69, 9.17) is 0 Å². The number of amides is 1. The first-order valence-corrected chi connectivity index (χ1v) is 11.1. The summed E-state index contributed by atoms with van der Waals surface area (Å²) in [6, 6.07) is 7.49. The van der Waals surface area contributed by atoms with Crippen molar-refractivity contribution < 1.29 is 4.79 Å². The van der Waals surface area contributed by atoms with Crippen LogP contribution in [0.4, 0.5) is 5.13 Å². The topological polar surface area (TPSA) is 76.9 Å². The number of hydrogen-bond donors (Lipinski definition) is 1. The van der Waals surface area contributed by atoms with Crippen molar-refractivity contribution >= 4 is 44.5 Å². The van der Waals surface area contributed by atoms with Gasteiger partial charge in [-0.3, -0.25) is 14.9 Å². The van der Waals surface area contributed by atoms with E-state index < -0.39 is 0 Å². The van der Waals surface area contributed by atoms with Crippen LogP contribution in [0.1, 0.15) is 40.0 Å². The van der Waals surface area contributed by atoms with Crippen LogP contribution in [0.15, 0.2) is 39.8 Å². The summed E-state index contributed by atoms with van der Waals surface area (Å²) < 4.78 is 1.31. The molecule has 0 atom stereocenters. The van der Waals surface area contributed by atoms with E-state index in [1.54, 1.807) is 0 Å². The van der Waals surface area contributed by atoms with Crippen molar-refractivity contribution in [2.24, 2.45) is 0 Å². The minimum absolute atomic E-state index is 0.219. The fraction of sp³-hybridized carbons (Fsp3) is 0.238.